The van der Waals surface area contributed by atoms with Crippen molar-refractivity contribution < 1.29 is 22.4 Å². The Morgan fingerprint density at radius 1 is 1.37 bits per heavy atom. The average molecular weight is 286 g/mol. The molecule has 1 heterocycles. The lowest BCUT2D eigenvalue weighted by molar-refractivity contribution is 0.281. The van der Waals surface area contributed by atoms with Gasteiger partial charge in [-0.25, -0.2) is 17.5 Å². The zero-order valence-electron chi connectivity index (χ0n) is 9.71. The number of nitrogens with zero attached hydrogens (tertiary/aromatic N) is 1. The van der Waals surface area contributed by atoms with Crippen LogP contribution in [0, 0.1) is 5.82 Å². The van der Waals surface area contributed by atoms with E-state index in [4.69, 9.17) is 5.11 Å². The van der Waals surface area contributed by atoms with Crippen LogP contribution in [0.3, 0.4) is 0 Å². The lowest BCUT2D eigenvalue weighted by Gasteiger charge is -2.07. The maximum atomic E-state index is 13.5. The number of hydrogen-bond donors (Lipinski definition) is 2. The Kier molecular flexibility index (Phi) is 3.93. The van der Waals surface area contributed by atoms with Gasteiger partial charge in [-0.15, -0.1) is 0 Å². The molecule has 0 aliphatic rings. The fourth-order valence-corrected chi connectivity index (χ4v) is 2.55. The van der Waals surface area contributed by atoms with E-state index in [1.165, 1.54) is 18.4 Å². The summed E-state index contributed by atoms with van der Waals surface area (Å²) >= 11 is 0. The maximum Gasteiger partial charge on any atom is 0.243 e. The summed E-state index contributed by atoms with van der Waals surface area (Å²) in [4.78, 5) is -0.512. The van der Waals surface area contributed by atoms with Gasteiger partial charge >= 0.3 is 0 Å². The Hall–Kier alpha value is -1.77. The molecule has 0 unspecified atom stereocenters. The van der Waals surface area contributed by atoms with E-state index in [9.17, 15) is 12.8 Å². The molecule has 1 aromatic carbocycles. The first-order valence-corrected chi connectivity index (χ1v) is 6.79. The van der Waals surface area contributed by atoms with Crippen molar-refractivity contribution in [2.45, 2.75) is 18.0 Å². The Bertz CT molecular complexity index is 655. The molecule has 6 nitrogen and oxygen atoms in total. The standard InChI is InChI=1S/C11H11FN2O4S/c12-10-2-1-8(7-15)5-11(10)19(16,17)13-6-9-3-4-18-14-9/h1-5,13,15H,6-7H2. The molecule has 2 N–H and O–H groups in total. The molecule has 0 aliphatic heterocycles. The second kappa shape index (κ2) is 5.47. The third-order valence-electron chi connectivity index (χ3n) is 2.40. The van der Waals surface area contributed by atoms with Crippen LogP contribution in [0.4, 0.5) is 4.39 Å². The van der Waals surface area contributed by atoms with Crippen LogP contribution in [-0.4, -0.2) is 18.7 Å². The predicted octanol–water partition coefficient (Wildman–Crippen LogP) is 0.785. The van der Waals surface area contributed by atoms with Crippen LogP contribution >= 0.6 is 0 Å². The zero-order valence-corrected chi connectivity index (χ0v) is 10.5. The highest BCUT2D eigenvalue weighted by Gasteiger charge is 2.19. The summed E-state index contributed by atoms with van der Waals surface area (Å²) in [5.74, 6) is -0.884. The van der Waals surface area contributed by atoms with E-state index in [0.29, 0.717) is 11.3 Å². The van der Waals surface area contributed by atoms with Crippen LogP contribution in [0.25, 0.3) is 0 Å². The van der Waals surface area contributed by atoms with Crippen LogP contribution < -0.4 is 4.72 Å². The molecule has 102 valence electrons. The van der Waals surface area contributed by atoms with E-state index in [-0.39, 0.29) is 13.2 Å². The van der Waals surface area contributed by atoms with Crippen molar-refractivity contribution in [3.05, 3.63) is 47.6 Å². The highest BCUT2D eigenvalue weighted by Crippen LogP contribution is 2.16. The van der Waals surface area contributed by atoms with Crippen LogP contribution in [0.1, 0.15) is 11.3 Å². The van der Waals surface area contributed by atoms with Crippen molar-refractivity contribution >= 4 is 10.0 Å². The van der Waals surface area contributed by atoms with E-state index in [0.717, 1.165) is 12.1 Å². The van der Waals surface area contributed by atoms with Crippen LogP contribution in [0.15, 0.2) is 39.9 Å². The fraction of sp³-hybridized carbons (Fsp3) is 0.182. The molecule has 0 saturated heterocycles. The topological polar surface area (TPSA) is 92.4 Å². The molecule has 0 aliphatic carbocycles. The van der Waals surface area contributed by atoms with E-state index in [2.05, 4.69) is 14.4 Å². The molecule has 0 bridgehead atoms. The lowest BCUT2D eigenvalue weighted by Crippen LogP contribution is -2.24. The van der Waals surface area contributed by atoms with Gasteiger partial charge in [0.05, 0.1) is 18.8 Å². The van der Waals surface area contributed by atoms with Gasteiger partial charge in [0.15, 0.2) is 0 Å². The number of aliphatic hydroxyl groups excluding tert-OH is 1. The maximum absolute atomic E-state index is 13.5. The van der Waals surface area contributed by atoms with Crippen molar-refractivity contribution in [1.29, 1.82) is 0 Å². The normalized spacial score (nSPS) is 11.7. The van der Waals surface area contributed by atoms with Crippen LogP contribution in [-0.2, 0) is 23.2 Å². The van der Waals surface area contributed by atoms with Gasteiger partial charge in [0.1, 0.15) is 17.0 Å². The number of aliphatic hydroxyl groups is 1. The molecule has 0 fully saturated rings. The monoisotopic (exact) mass is 286 g/mol. The largest absolute Gasteiger partial charge is 0.392 e. The fourth-order valence-electron chi connectivity index (χ4n) is 1.43. The second-order valence-corrected chi connectivity index (χ2v) is 5.47. The van der Waals surface area contributed by atoms with Gasteiger partial charge in [-0.2, -0.15) is 0 Å². The number of benzene rings is 1. The summed E-state index contributed by atoms with van der Waals surface area (Å²) in [5, 5.41) is 12.5. The molecule has 8 heteroatoms. The molecule has 1 aromatic heterocycles. The van der Waals surface area contributed by atoms with Gasteiger partial charge in [0.2, 0.25) is 10.0 Å². The Labute approximate surface area is 108 Å². The molecule has 2 aromatic rings. The van der Waals surface area contributed by atoms with E-state index >= 15 is 0 Å². The number of sulfonamides is 1. The SMILES string of the molecule is O=S(=O)(NCc1ccon1)c1cc(CO)ccc1F. The number of hydrogen-bond acceptors (Lipinski definition) is 5. The zero-order chi connectivity index (χ0) is 13.9. The van der Waals surface area contributed by atoms with Gasteiger partial charge in [-0.05, 0) is 17.7 Å². The van der Waals surface area contributed by atoms with Gasteiger partial charge in [-0.1, -0.05) is 11.2 Å². The third-order valence-corrected chi connectivity index (χ3v) is 3.82. The van der Waals surface area contributed by atoms with Gasteiger partial charge < -0.3 is 9.63 Å². The summed E-state index contributed by atoms with van der Waals surface area (Å²) in [6.07, 6.45) is 1.30. The molecule has 2 rings (SSSR count). The van der Waals surface area contributed by atoms with Crippen molar-refractivity contribution in [2.75, 3.05) is 0 Å². The number of aromatic nitrogens is 1. The summed E-state index contributed by atoms with van der Waals surface area (Å²) in [5.41, 5.74) is 0.686. The highest BCUT2D eigenvalue weighted by molar-refractivity contribution is 7.89. The molecule has 0 saturated carbocycles. The molecule has 0 radical (unpaired) electrons. The second-order valence-electron chi connectivity index (χ2n) is 3.74. The van der Waals surface area contributed by atoms with Crippen molar-refractivity contribution in [3.63, 3.8) is 0 Å². The Morgan fingerprint density at radius 3 is 2.79 bits per heavy atom. The Morgan fingerprint density at radius 2 is 2.16 bits per heavy atom. The first-order chi connectivity index (χ1) is 9.03. The minimum Gasteiger partial charge on any atom is -0.392 e. The van der Waals surface area contributed by atoms with Gasteiger partial charge in [0.25, 0.3) is 0 Å². The smallest absolute Gasteiger partial charge is 0.243 e. The molecular weight excluding hydrogens is 275 g/mol. The predicted molar refractivity (Wildman–Crippen MR) is 62.9 cm³/mol. The lowest BCUT2D eigenvalue weighted by atomic mass is 10.2. The minimum atomic E-state index is -4.02. The van der Waals surface area contributed by atoms with Crippen LogP contribution in [0.5, 0.6) is 0 Å². The van der Waals surface area contributed by atoms with Crippen LogP contribution in [0.2, 0.25) is 0 Å². The summed E-state index contributed by atoms with van der Waals surface area (Å²) in [6, 6.07) is 4.88. The molecule has 0 atom stereocenters. The molecule has 0 spiro atoms. The average Bonchev–Trinajstić information content (AvgIpc) is 2.90. The van der Waals surface area contributed by atoms with Crippen molar-refractivity contribution in [3.8, 4) is 0 Å². The van der Waals surface area contributed by atoms with Gasteiger partial charge in [-0.3, -0.25) is 0 Å². The van der Waals surface area contributed by atoms with E-state index in [1.807, 2.05) is 0 Å². The van der Waals surface area contributed by atoms with E-state index in [1.54, 1.807) is 0 Å². The minimum absolute atomic E-state index is 0.109. The molecule has 19 heavy (non-hydrogen) atoms. The summed E-state index contributed by atoms with van der Waals surface area (Å²) in [7, 11) is -4.02. The Balaban J connectivity index is 2.23. The third kappa shape index (κ3) is 3.16. The molecular formula is C11H11FN2O4S. The van der Waals surface area contributed by atoms with Crippen molar-refractivity contribution in [1.82, 2.24) is 9.88 Å². The number of halogens is 1. The first-order valence-electron chi connectivity index (χ1n) is 5.31. The van der Waals surface area contributed by atoms with Crippen molar-refractivity contribution in [2.24, 2.45) is 0 Å². The highest BCUT2D eigenvalue weighted by atomic mass is 32.2. The summed E-state index contributed by atoms with van der Waals surface area (Å²) in [6.45, 7) is -0.478. The van der Waals surface area contributed by atoms with E-state index < -0.39 is 20.7 Å². The number of nitrogens with one attached hydrogen (secondary N) is 1. The summed E-state index contributed by atoms with van der Waals surface area (Å²) < 4.78 is 44.1. The molecule has 0 amide bonds. The quantitative estimate of drug-likeness (QED) is 0.847. The van der Waals surface area contributed by atoms with Gasteiger partial charge in [0, 0.05) is 6.07 Å². The number of rotatable bonds is 5. The first kappa shape index (κ1) is 13.7.